The Morgan fingerprint density at radius 3 is 2.86 bits per heavy atom. The molecule has 1 aliphatic carbocycles. The molecule has 0 bridgehead atoms. The lowest BCUT2D eigenvalue weighted by Gasteiger charge is -2.20. The van der Waals surface area contributed by atoms with Crippen molar-refractivity contribution < 1.29 is 4.42 Å². The average molecular weight is 297 g/mol. The Morgan fingerprint density at radius 1 is 1.23 bits per heavy atom. The van der Waals surface area contributed by atoms with Crippen molar-refractivity contribution in [2.45, 2.75) is 44.4 Å². The van der Waals surface area contributed by atoms with Crippen LogP contribution >= 0.6 is 0 Å². The van der Waals surface area contributed by atoms with E-state index in [1.54, 1.807) is 12.6 Å². The number of aromatic nitrogens is 4. The van der Waals surface area contributed by atoms with Gasteiger partial charge in [-0.2, -0.15) is 0 Å². The monoisotopic (exact) mass is 297 g/mol. The molecule has 1 saturated carbocycles. The Balaban J connectivity index is 1.79. The predicted molar refractivity (Wildman–Crippen MR) is 82.8 cm³/mol. The first-order valence-corrected chi connectivity index (χ1v) is 7.82. The van der Waals surface area contributed by atoms with E-state index < -0.39 is 0 Å². The van der Waals surface area contributed by atoms with Gasteiger partial charge in [-0.1, -0.05) is 19.3 Å². The molecule has 0 atom stereocenters. The minimum absolute atomic E-state index is 0.434. The molecule has 0 saturated heterocycles. The summed E-state index contributed by atoms with van der Waals surface area (Å²) in [6, 6.07) is 3.84. The molecule has 1 fully saturated rings. The molecule has 0 amide bonds. The second kappa shape index (κ2) is 5.44. The lowest BCUT2D eigenvalue weighted by Crippen LogP contribution is -2.13. The van der Waals surface area contributed by atoms with Crippen molar-refractivity contribution in [1.29, 1.82) is 0 Å². The Hall–Kier alpha value is -2.37. The third-order valence-corrected chi connectivity index (χ3v) is 4.40. The van der Waals surface area contributed by atoms with Crippen LogP contribution in [0.4, 0.5) is 0 Å². The molecule has 3 aromatic heterocycles. The number of nitrogens with zero attached hydrogens (tertiary/aromatic N) is 4. The molecule has 3 aromatic rings. The normalized spacial score (nSPS) is 16.4. The van der Waals surface area contributed by atoms with E-state index in [4.69, 9.17) is 15.2 Å². The standard InChI is InChI=1S/C16H19N5O/c17-21-10-18-14-13(9-12-7-4-8-22-12)19-15(20-16(14)21)11-5-2-1-3-6-11/h4,7-8,10-11H,1-3,5-6,9,17H2. The molecule has 3 heterocycles. The lowest BCUT2D eigenvalue weighted by molar-refractivity contribution is 0.428. The largest absolute Gasteiger partial charge is 0.469 e. The highest BCUT2D eigenvalue weighted by atomic mass is 16.3. The fourth-order valence-electron chi connectivity index (χ4n) is 3.24. The van der Waals surface area contributed by atoms with Crippen molar-refractivity contribution in [1.82, 2.24) is 19.6 Å². The van der Waals surface area contributed by atoms with Gasteiger partial charge in [0.25, 0.3) is 0 Å². The number of imidazole rings is 1. The van der Waals surface area contributed by atoms with Crippen LogP contribution in [-0.4, -0.2) is 19.6 Å². The summed E-state index contributed by atoms with van der Waals surface area (Å²) in [5.41, 5.74) is 2.36. The third kappa shape index (κ3) is 2.34. The molecule has 0 aromatic carbocycles. The summed E-state index contributed by atoms with van der Waals surface area (Å²) < 4.78 is 6.93. The summed E-state index contributed by atoms with van der Waals surface area (Å²) in [4.78, 5) is 13.8. The van der Waals surface area contributed by atoms with Gasteiger partial charge in [-0.3, -0.25) is 0 Å². The van der Waals surface area contributed by atoms with E-state index in [0.29, 0.717) is 18.0 Å². The second-order valence-electron chi connectivity index (χ2n) is 5.94. The summed E-state index contributed by atoms with van der Waals surface area (Å²) in [5.74, 6) is 8.17. The first-order valence-electron chi connectivity index (χ1n) is 7.82. The van der Waals surface area contributed by atoms with Crippen LogP contribution in [0.25, 0.3) is 11.2 Å². The summed E-state index contributed by atoms with van der Waals surface area (Å²) in [6.07, 6.45) is 10.0. The average Bonchev–Trinajstić information content (AvgIpc) is 3.19. The van der Waals surface area contributed by atoms with Crippen LogP contribution in [0.5, 0.6) is 0 Å². The maximum Gasteiger partial charge on any atom is 0.182 e. The first kappa shape index (κ1) is 13.3. The minimum Gasteiger partial charge on any atom is -0.469 e. The number of rotatable bonds is 3. The molecule has 4 rings (SSSR count). The van der Waals surface area contributed by atoms with E-state index >= 15 is 0 Å². The third-order valence-electron chi connectivity index (χ3n) is 4.40. The van der Waals surface area contributed by atoms with Crippen molar-refractivity contribution in [3.8, 4) is 0 Å². The topological polar surface area (TPSA) is 82.8 Å². The molecule has 2 N–H and O–H groups in total. The summed E-state index contributed by atoms with van der Waals surface area (Å²) in [6.45, 7) is 0. The quantitative estimate of drug-likeness (QED) is 0.752. The molecular formula is C16H19N5O. The lowest BCUT2D eigenvalue weighted by atomic mass is 9.88. The summed E-state index contributed by atoms with van der Waals surface area (Å²) in [7, 11) is 0. The summed E-state index contributed by atoms with van der Waals surface area (Å²) >= 11 is 0. The van der Waals surface area contributed by atoms with Gasteiger partial charge >= 0.3 is 0 Å². The molecule has 6 nitrogen and oxygen atoms in total. The van der Waals surface area contributed by atoms with Crippen molar-refractivity contribution >= 4 is 11.2 Å². The van der Waals surface area contributed by atoms with E-state index in [-0.39, 0.29) is 0 Å². The van der Waals surface area contributed by atoms with Crippen molar-refractivity contribution in [2.24, 2.45) is 0 Å². The van der Waals surface area contributed by atoms with Crippen molar-refractivity contribution in [2.75, 3.05) is 5.84 Å². The molecule has 6 heteroatoms. The SMILES string of the molecule is Nn1cnc2c(Cc3ccco3)nc(C3CCCCC3)nc21. The second-order valence-corrected chi connectivity index (χ2v) is 5.94. The van der Waals surface area contributed by atoms with Gasteiger partial charge < -0.3 is 10.3 Å². The number of nitrogen functional groups attached to an aromatic ring is 1. The zero-order chi connectivity index (χ0) is 14.9. The van der Waals surface area contributed by atoms with Gasteiger partial charge in [0.05, 0.1) is 18.4 Å². The van der Waals surface area contributed by atoms with Crippen LogP contribution in [0.1, 0.15) is 55.3 Å². The molecule has 114 valence electrons. The first-order chi connectivity index (χ1) is 10.8. The number of hydrogen-bond acceptors (Lipinski definition) is 5. The maximum atomic E-state index is 5.96. The molecule has 0 spiro atoms. The molecular weight excluding hydrogens is 278 g/mol. The molecule has 1 aliphatic rings. The number of fused-ring (bicyclic) bond motifs is 1. The van der Waals surface area contributed by atoms with E-state index in [1.807, 2.05) is 12.1 Å². The molecule has 22 heavy (non-hydrogen) atoms. The number of nitrogens with two attached hydrogens (primary N) is 1. The van der Waals surface area contributed by atoms with Crippen LogP contribution < -0.4 is 5.84 Å². The molecule has 0 unspecified atom stereocenters. The highest BCUT2D eigenvalue weighted by Crippen LogP contribution is 2.32. The van der Waals surface area contributed by atoms with Crippen molar-refractivity contribution in [3.63, 3.8) is 0 Å². The highest BCUT2D eigenvalue weighted by Gasteiger charge is 2.21. The zero-order valence-corrected chi connectivity index (χ0v) is 12.4. The Labute approximate surface area is 128 Å². The number of furan rings is 1. The van der Waals surface area contributed by atoms with Gasteiger partial charge in [0.15, 0.2) is 5.65 Å². The van der Waals surface area contributed by atoms with Gasteiger partial charge in [0, 0.05) is 5.92 Å². The van der Waals surface area contributed by atoms with Crippen LogP contribution in [0.3, 0.4) is 0 Å². The zero-order valence-electron chi connectivity index (χ0n) is 12.4. The van der Waals surface area contributed by atoms with Crippen LogP contribution in [0, 0.1) is 0 Å². The Morgan fingerprint density at radius 2 is 2.09 bits per heavy atom. The van der Waals surface area contributed by atoms with E-state index in [0.717, 1.165) is 35.6 Å². The Kier molecular flexibility index (Phi) is 3.29. The van der Waals surface area contributed by atoms with Gasteiger partial charge in [-0.25, -0.2) is 19.6 Å². The number of hydrogen-bond donors (Lipinski definition) is 1. The van der Waals surface area contributed by atoms with Crippen LogP contribution in [0.15, 0.2) is 29.1 Å². The van der Waals surface area contributed by atoms with Crippen molar-refractivity contribution in [3.05, 3.63) is 42.0 Å². The van der Waals surface area contributed by atoms with Crippen LogP contribution in [-0.2, 0) is 6.42 Å². The smallest absolute Gasteiger partial charge is 0.182 e. The van der Waals surface area contributed by atoms with Gasteiger partial charge in [0.1, 0.15) is 23.4 Å². The van der Waals surface area contributed by atoms with E-state index in [9.17, 15) is 0 Å². The van der Waals surface area contributed by atoms with Gasteiger partial charge in [0.2, 0.25) is 0 Å². The van der Waals surface area contributed by atoms with E-state index in [1.165, 1.54) is 23.9 Å². The minimum atomic E-state index is 0.434. The maximum absolute atomic E-state index is 5.96. The van der Waals surface area contributed by atoms with Gasteiger partial charge in [-0.05, 0) is 25.0 Å². The highest BCUT2D eigenvalue weighted by molar-refractivity contribution is 5.73. The molecule has 0 aliphatic heterocycles. The van der Waals surface area contributed by atoms with Gasteiger partial charge in [-0.15, -0.1) is 0 Å². The fourth-order valence-corrected chi connectivity index (χ4v) is 3.24. The summed E-state index contributed by atoms with van der Waals surface area (Å²) in [5, 5.41) is 0. The Bertz CT molecular complexity index is 771. The fraction of sp³-hybridized carbons (Fsp3) is 0.438. The van der Waals surface area contributed by atoms with E-state index in [2.05, 4.69) is 9.97 Å². The van der Waals surface area contributed by atoms with Crippen LogP contribution in [0.2, 0.25) is 0 Å². The predicted octanol–water partition coefficient (Wildman–Crippen LogP) is 2.77. The molecule has 0 radical (unpaired) electrons.